The fourth-order valence-corrected chi connectivity index (χ4v) is 2.57. The van der Waals surface area contributed by atoms with E-state index in [-0.39, 0.29) is 12.7 Å². The summed E-state index contributed by atoms with van der Waals surface area (Å²) in [6.45, 7) is 4.63. The minimum Gasteiger partial charge on any atom is -0.454 e. The number of amides is 1. The Hall–Kier alpha value is -2.75. The van der Waals surface area contributed by atoms with E-state index in [1.165, 1.54) is 11.6 Å². The number of nitrogens with one attached hydrogen (secondary N) is 1. The molecule has 2 aromatic carbocycles. The number of carbonyl (C=O) groups is 1. The van der Waals surface area contributed by atoms with Gasteiger partial charge in [0, 0.05) is 17.8 Å². The second kappa shape index (κ2) is 7.21. The highest BCUT2D eigenvalue weighted by molar-refractivity contribution is 6.02. The highest BCUT2D eigenvalue weighted by atomic mass is 16.7. The van der Waals surface area contributed by atoms with Crippen molar-refractivity contribution in [3.8, 4) is 11.5 Å². The van der Waals surface area contributed by atoms with Crippen molar-refractivity contribution in [1.82, 2.24) is 0 Å². The van der Waals surface area contributed by atoms with Gasteiger partial charge in [0.1, 0.15) is 0 Å². The molecule has 0 bridgehead atoms. The summed E-state index contributed by atoms with van der Waals surface area (Å²) >= 11 is 0. The molecule has 1 amide bonds. The van der Waals surface area contributed by atoms with E-state index in [9.17, 15) is 4.79 Å². The van der Waals surface area contributed by atoms with Crippen molar-refractivity contribution in [2.45, 2.75) is 20.3 Å². The van der Waals surface area contributed by atoms with Crippen molar-refractivity contribution >= 4 is 17.7 Å². The maximum atomic E-state index is 12.0. The molecule has 3 rings (SSSR count). The van der Waals surface area contributed by atoms with Crippen LogP contribution in [0.4, 0.5) is 5.69 Å². The van der Waals surface area contributed by atoms with Crippen LogP contribution in [0.5, 0.6) is 11.5 Å². The highest BCUT2D eigenvalue weighted by Crippen LogP contribution is 2.34. The molecule has 0 saturated heterocycles. The molecule has 1 heterocycles. The third-order valence-corrected chi connectivity index (χ3v) is 3.69. The number of fused-ring (bicyclic) bond motifs is 1. The Kier molecular flexibility index (Phi) is 4.85. The predicted octanol–water partition coefficient (Wildman–Crippen LogP) is 4.27. The van der Waals surface area contributed by atoms with Crippen molar-refractivity contribution in [3.05, 3.63) is 59.7 Å². The van der Waals surface area contributed by atoms with E-state index in [0.717, 1.165) is 12.0 Å². The van der Waals surface area contributed by atoms with Crippen LogP contribution < -0.4 is 14.8 Å². The second-order valence-corrected chi connectivity index (χ2v) is 6.23. The summed E-state index contributed by atoms with van der Waals surface area (Å²) in [7, 11) is 0. The summed E-state index contributed by atoms with van der Waals surface area (Å²) in [6, 6.07) is 13.6. The molecule has 0 fully saturated rings. The van der Waals surface area contributed by atoms with Crippen LogP contribution in [0, 0.1) is 5.92 Å². The summed E-state index contributed by atoms with van der Waals surface area (Å²) in [5.41, 5.74) is 3.00. The molecule has 0 radical (unpaired) electrons. The molecule has 0 spiro atoms. The number of carbonyl (C=O) groups excluding carboxylic acids is 1. The van der Waals surface area contributed by atoms with E-state index in [1.807, 2.05) is 18.2 Å². The summed E-state index contributed by atoms with van der Waals surface area (Å²) in [5, 5.41) is 2.82. The van der Waals surface area contributed by atoms with Crippen LogP contribution in [-0.4, -0.2) is 12.7 Å². The highest BCUT2D eigenvalue weighted by Gasteiger charge is 2.13. The Bertz CT molecular complexity index is 748. The zero-order valence-electron chi connectivity index (χ0n) is 13.9. The number of rotatable bonds is 5. The van der Waals surface area contributed by atoms with Gasteiger partial charge in [0.05, 0.1) is 0 Å². The van der Waals surface area contributed by atoms with E-state index >= 15 is 0 Å². The van der Waals surface area contributed by atoms with Gasteiger partial charge in [-0.2, -0.15) is 0 Å². The van der Waals surface area contributed by atoms with Gasteiger partial charge in [-0.25, -0.2) is 0 Å². The minimum absolute atomic E-state index is 0.180. The molecule has 2 aromatic rings. The van der Waals surface area contributed by atoms with Crippen molar-refractivity contribution < 1.29 is 14.3 Å². The van der Waals surface area contributed by atoms with Gasteiger partial charge in [-0.1, -0.05) is 38.1 Å². The first-order chi connectivity index (χ1) is 11.6. The van der Waals surface area contributed by atoms with E-state index in [2.05, 4.69) is 31.3 Å². The zero-order chi connectivity index (χ0) is 16.9. The topological polar surface area (TPSA) is 47.6 Å². The Labute approximate surface area is 142 Å². The van der Waals surface area contributed by atoms with Crippen molar-refractivity contribution in [3.63, 3.8) is 0 Å². The van der Waals surface area contributed by atoms with Crippen molar-refractivity contribution in [1.29, 1.82) is 0 Å². The minimum atomic E-state index is -0.180. The maximum Gasteiger partial charge on any atom is 0.248 e. The van der Waals surface area contributed by atoms with E-state index in [4.69, 9.17) is 9.47 Å². The lowest BCUT2D eigenvalue weighted by atomic mass is 10.0. The van der Waals surface area contributed by atoms with Crippen LogP contribution in [0.3, 0.4) is 0 Å². The predicted molar refractivity (Wildman–Crippen MR) is 95.2 cm³/mol. The smallest absolute Gasteiger partial charge is 0.248 e. The van der Waals surface area contributed by atoms with Gasteiger partial charge in [0.15, 0.2) is 11.5 Å². The molecule has 24 heavy (non-hydrogen) atoms. The Morgan fingerprint density at radius 1 is 1.12 bits per heavy atom. The van der Waals surface area contributed by atoms with E-state index in [1.54, 1.807) is 18.2 Å². The number of ether oxygens (including phenoxy) is 2. The van der Waals surface area contributed by atoms with E-state index in [0.29, 0.717) is 23.1 Å². The van der Waals surface area contributed by atoms with Crippen molar-refractivity contribution in [2.24, 2.45) is 5.92 Å². The SMILES string of the molecule is CC(C)Cc1ccc(/C=C/C(=O)Nc2ccc3c(c2)OCO3)cc1. The van der Waals surface area contributed by atoms with Crippen LogP contribution >= 0.6 is 0 Å². The lowest BCUT2D eigenvalue weighted by molar-refractivity contribution is -0.111. The van der Waals surface area contributed by atoms with Gasteiger partial charge >= 0.3 is 0 Å². The molecular formula is C20H21NO3. The molecule has 4 nitrogen and oxygen atoms in total. The molecule has 0 aromatic heterocycles. The first kappa shape index (κ1) is 16.1. The standard InChI is InChI=1S/C20H21NO3/c1-14(2)11-16-5-3-15(4-6-16)7-10-20(22)21-17-8-9-18-19(12-17)24-13-23-18/h3-10,12,14H,11,13H2,1-2H3,(H,21,22)/b10-7+. The first-order valence-corrected chi connectivity index (χ1v) is 8.08. The van der Waals surface area contributed by atoms with Crippen LogP contribution in [0.15, 0.2) is 48.5 Å². The van der Waals surface area contributed by atoms with Gasteiger partial charge in [-0.05, 0) is 41.7 Å². The largest absolute Gasteiger partial charge is 0.454 e. The van der Waals surface area contributed by atoms with Gasteiger partial charge in [0.25, 0.3) is 0 Å². The summed E-state index contributed by atoms with van der Waals surface area (Å²) in [6.07, 6.45) is 4.40. The number of anilines is 1. The molecule has 1 N–H and O–H groups in total. The molecule has 0 atom stereocenters. The lowest BCUT2D eigenvalue weighted by Gasteiger charge is -2.05. The molecule has 0 unspecified atom stereocenters. The normalized spacial score (nSPS) is 12.8. The molecule has 1 aliphatic rings. The Morgan fingerprint density at radius 3 is 2.62 bits per heavy atom. The molecule has 0 saturated carbocycles. The lowest BCUT2D eigenvalue weighted by Crippen LogP contribution is -2.07. The third kappa shape index (κ3) is 4.16. The Morgan fingerprint density at radius 2 is 1.88 bits per heavy atom. The molecule has 0 aliphatic carbocycles. The second-order valence-electron chi connectivity index (χ2n) is 6.23. The maximum absolute atomic E-state index is 12.0. The fraction of sp³-hybridized carbons (Fsp3) is 0.250. The first-order valence-electron chi connectivity index (χ1n) is 8.08. The monoisotopic (exact) mass is 323 g/mol. The van der Waals surface area contributed by atoms with Crippen LogP contribution in [-0.2, 0) is 11.2 Å². The number of hydrogen-bond acceptors (Lipinski definition) is 3. The van der Waals surface area contributed by atoms with Crippen LogP contribution in [0.25, 0.3) is 6.08 Å². The molecule has 124 valence electrons. The average molecular weight is 323 g/mol. The molecule has 4 heteroatoms. The zero-order valence-corrected chi connectivity index (χ0v) is 13.9. The summed E-state index contributed by atoms with van der Waals surface area (Å²) in [5.74, 6) is 1.81. The van der Waals surface area contributed by atoms with Crippen molar-refractivity contribution in [2.75, 3.05) is 12.1 Å². The van der Waals surface area contributed by atoms with Gasteiger partial charge in [-0.15, -0.1) is 0 Å². The quantitative estimate of drug-likeness (QED) is 0.836. The number of benzene rings is 2. The van der Waals surface area contributed by atoms with Gasteiger partial charge in [0.2, 0.25) is 12.7 Å². The Balaban J connectivity index is 1.59. The van der Waals surface area contributed by atoms with Gasteiger partial charge < -0.3 is 14.8 Å². The average Bonchev–Trinajstić information content (AvgIpc) is 3.01. The van der Waals surface area contributed by atoms with Crippen LogP contribution in [0.1, 0.15) is 25.0 Å². The van der Waals surface area contributed by atoms with Crippen LogP contribution in [0.2, 0.25) is 0 Å². The molecule has 1 aliphatic heterocycles. The van der Waals surface area contributed by atoms with Gasteiger partial charge in [-0.3, -0.25) is 4.79 Å². The molecular weight excluding hydrogens is 302 g/mol. The summed E-state index contributed by atoms with van der Waals surface area (Å²) in [4.78, 5) is 12.0. The third-order valence-electron chi connectivity index (χ3n) is 3.69. The summed E-state index contributed by atoms with van der Waals surface area (Å²) < 4.78 is 10.5. The fourth-order valence-electron chi connectivity index (χ4n) is 2.57. The van der Waals surface area contributed by atoms with E-state index < -0.39 is 0 Å². The number of hydrogen-bond donors (Lipinski definition) is 1.